The number of fused-ring (bicyclic) bond motifs is 1. The van der Waals surface area contributed by atoms with E-state index < -0.39 is 10.0 Å². The first-order valence-electron chi connectivity index (χ1n) is 11.9. The molecule has 2 aliphatic heterocycles. The number of thiophene rings is 1. The van der Waals surface area contributed by atoms with E-state index in [1.165, 1.54) is 11.3 Å². The van der Waals surface area contributed by atoms with Crippen LogP contribution in [0.2, 0.25) is 0 Å². The summed E-state index contributed by atoms with van der Waals surface area (Å²) in [5.74, 6) is 0.755. The van der Waals surface area contributed by atoms with Gasteiger partial charge < -0.3 is 15.5 Å². The molecular formula is C23H31N7O3S2. The first kappa shape index (κ1) is 24.0. The number of hydrogen-bond acceptors (Lipinski definition) is 8. The van der Waals surface area contributed by atoms with Crippen molar-refractivity contribution in [3.05, 3.63) is 39.3 Å². The van der Waals surface area contributed by atoms with Crippen molar-refractivity contribution in [2.75, 3.05) is 35.5 Å². The van der Waals surface area contributed by atoms with Crippen molar-refractivity contribution in [1.82, 2.24) is 19.5 Å². The van der Waals surface area contributed by atoms with Gasteiger partial charge in [0.05, 0.1) is 23.7 Å². The van der Waals surface area contributed by atoms with Crippen molar-refractivity contribution < 1.29 is 13.2 Å². The molecule has 3 aromatic heterocycles. The highest BCUT2D eigenvalue weighted by atomic mass is 32.2. The molecule has 3 aromatic rings. The van der Waals surface area contributed by atoms with Gasteiger partial charge in [0.1, 0.15) is 10.7 Å². The highest BCUT2D eigenvalue weighted by molar-refractivity contribution is 7.92. The summed E-state index contributed by atoms with van der Waals surface area (Å²) in [5, 5.41) is 4.80. The van der Waals surface area contributed by atoms with Crippen LogP contribution in [0.25, 0.3) is 5.65 Å². The topological polar surface area (TPSA) is 126 Å². The molecule has 1 amide bonds. The lowest BCUT2D eigenvalue weighted by Gasteiger charge is -2.34. The van der Waals surface area contributed by atoms with Gasteiger partial charge in [0.2, 0.25) is 10.0 Å². The summed E-state index contributed by atoms with van der Waals surface area (Å²) in [6.07, 6.45) is 6.70. The monoisotopic (exact) mass is 517 g/mol. The van der Waals surface area contributed by atoms with Crippen LogP contribution in [0, 0.1) is 13.8 Å². The number of aromatic nitrogens is 3. The molecule has 5 heterocycles. The molecule has 10 nitrogen and oxygen atoms in total. The second-order valence-corrected chi connectivity index (χ2v) is 12.6. The molecule has 5 rings (SSSR count). The number of nitrogens with zero attached hydrogens (tertiary/aromatic N) is 5. The number of piperidine rings is 1. The third kappa shape index (κ3) is 4.87. The van der Waals surface area contributed by atoms with Crippen molar-refractivity contribution >= 4 is 44.4 Å². The highest BCUT2D eigenvalue weighted by Gasteiger charge is 2.33. The summed E-state index contributed by atoms with van der Waals surface area (Å²) < 4.78 is 28.0. The van der Waals surface area contributed by atoms with Crippen LogP contribution < -0.4 is 15.4 Å². The molecular weight excluding hydrogens is 486 g/mol. The molecule has 2 saturated heterocycles. The predicted octanol–water partition coefficient (Wildman–Crippen LogP) is 2.68. The van der Waals surface area contributed by atoms with Gasteiger partial charge in [0.25, 0.3) is 5.91 Å². The van der Waals surface area contributed by atoms with Gasteiger partial charge in [-0.25, -0.2) is 17.9 Å². The highest BCUT2D eigenvalue weighted by Crippen LogP contribution is 2.36. The molecule has 12 heteroatoms. The van der Waals surface area contributed by atoms with E-state index in [0.29, 0.717) is 17.1 Å². The molecule has 0 saturated carbocycles. The zero-order chi connectivity index (χ0) is 24.9. The number of carbonyl (C=O) groups excluding carboxylic acids is 1. The fourth-order valence-electron chi connectivity index (χ4n) is 5.04. The van der Waals surface area contributed by atoms with Crippen molar-refractivity contribution in [2.24, 2.45) is 5.73 Å². The van der Waals surface area contributed by atoms with Crippen molar-refractivity contribution in [3.8, 4) is 0 Å². The number of hydrogen-bond donors (Lipinski definition) is 2. The van der Waals surface area contributed by atoms with E-state index in [1.54, 1.807) is 10.6 Å². The molecule has 2 fully saturated rings. The predicted molar refractivity (Wildman–Crippen MR) is 138 cm³/mol. The van der Waals surface area contributed by atoms with E-state index >= 15 is 0 Å². The van der Waals surface area contributed by atoms with E-state index in [-0.39, 0.29) is 18.0 Å². The quantitative estimate of drug-likeness (QED) is 0.533. The summed E-state index contributed by atoms with van der Waals surface area (Å²) in [5.41, 5.74) is 9.01. The standard InChI is InChI=1S/C23H31N7O3S2/c1-14-12-30-20(25-22(14)28-9-7-16(24)13-28)11-17(26-30)19-6-4-5-8-29(19)23(31)21-18(10-15(2)34-21)27-35(3,32)33/h10-12,16,19,27H,4-9,13,24H2,1-3H3/t16-,19+/m0/s1. The van der Waals surface area contributed by atoms with Gasteiger partial charge in [-0.05, 0) is 45.6 Å². The average molecular weight is 518 g/mol. The van der Waals surface area contributed by atoms with Crippen molar-refractivity contribution in [2.45, 2.75) is 51.6 Å². The minimum Gasteiger partial charge on any atom is -0.355 e. The van der Waals surface area contributed by atoms with Gasteiger partial charge in [-0.1, -0.05) is 0 Å². The van der Waals surface area contributed by atoms with Crippen LogP contribution in [-0.4, -0.2) is 65.8 Å². The molecule has 2 atom stereocenters. The zero-order valence-corrected chi connectivity index (χ0v) is 21.8. The summed E-state index contributed by atoms with van der Waals surface area (Å²) in [6, 6.07) is 3.64. The Balaban J connectivity index is 1.47. The smallest absolute Gasteiger partial charge is 0.266 e. The largest absolute Gasteiger partial charge is 0.355 e. The molecule has 0 bridgehead atoms. The summed E-state index contributed by atoms with van der Waals surface area (Å²) >= 11 is 1.31. The van der Waals surface area contributed by atoms with E-state index in [9.17, 15) is 13.2 Å². The SMILES string of the molecule is Cc1cc(NS(C)(=O)=O)c(C(=O)N2CCCC[C@@H]2c2cc3nc(N4CC[C@H](N)C4)c(C)cn3n2)s1. The molecule has 0 unspecified atom stereocenters. The normalized spacial score (nSPS) is 21.1. The third-order valence-corrected chi connectivity index (χ3v) is 8.23. The number of nitrogens with two attached hydrogens (primary N) is 1. The molecule has 35 heavy (non-hydrogen) atoms. The molecule has 188 valence electrons. The molecule has 0 aromatic carbocycles. The number of sulfonamides is 1. The fourth-order valence-corrected chi connectivity index (χ4v) is 6.59. The van der Waals surface area contributed by atoms with Crippen LogP contribution in [0.15, 0.2) is 18.3 Å². The number of likely N-dealkylation sites (tertiary alicyclic amines) is 1. The van der Waals surface area contributed by atoms with Crippen LogP contribution in [0.3, 0.4) is 0 Å². The molecule has 2 aliphatic rings. The number of carbonyl (C=O) groups is 1. The number of nitrogens with one attached hydrogen (secondary N) is 1. The Morgan fingerprint density at radius 1 is 1.20 bits per heavy atom. The van der Waals surface area contributed by atoms with Gasteiger partial charge in [0, 0.05) is 48.4 Å². The Bertz CT molecular complexity index is 1380. The van der Waals surface area contributed by atoms with E-state index in [0.717, 1.165) is 72.6 Å². The van der Waals surface area contributed by atoms with Gasteiger partial charge in [-0.3, -0.25) is 9.52 Å². The maximum Gasteiger partial charge on any atom is 0.266 e. The first-order valence-corrected chi connectivity index (χ1v) is 14.6. The Hall–Kier alpha value is -2.70. The number of anilines is 2. The third-order valence-electron chi connectivity index (χ3n) is 6.60. The molecule has 0 aliphatic carbocycles. The van der Waals surface area contributed by atoms with Gasteiger partial charge in [0.15, 0.2) is 5.65 Å². The number of rotatable bonds is 5. The summed E-state index contributed by atoms with van der Waals surface area (Å²) in [6.45, 7) is 6.17. The molecule has 3 N–H and O–H groups in total. The summed E-state index contributed by atoms with van der Waals surface area (Å²) in [4.78, 5) is 23.9. The number of aryl methyl sites for hydroxylation is 2. The van der Waals surface area contributed by atoms with Gasteiger partial charge in [-0.15, -0.1) is 11.3 Å². The maximum absolute atomic E-state index is 13.7. The minimum absolute atomic E-state index is 0.165. The van der Waals surface area contributed by atoms with Gasteiger partial charge >= 0.3 is 0 Å². The van der Waals surface area contributed by atoms with Crippen LogP contribution in [-0.2, 0) is 10.0 Å². The lowest BCUT2D eigenvalue weighted by atomic mass is 9.99. The van der Waals surface area contributed by atoms with Crippen LogP contribution in [0.1, 0.15) is 57.5 Å². The lowest BCUT2D eigenvalue weighted by Crippen LogP contribution is -2.38. The van der Waals surface area contributed by atoms with Crippen molar-refractivity contribution in [3.63, 3.8) is 0 Å². The minimum atomic E-state index is -3.50. The summed E-state index contributed by atoms with van der Waals surface area (Å²) in [7, 11) is -3.50. The second kappa shape index (κ2) is 9.07. The maximum atomic E-state index is 13.7. The first-order chi connectivity index (χ1) is 16.6. The average Bonchev–Trinajstić information content (AvgIpc) is 3.49. The van der Waals surface area contributed by atoms with Crippen LogP contribution >= 0.6 is 11.3 Å². The molecule has 0 radical (unpaired) electrons. The van der Waals surface area contributed by atoms with E-state index in [4.69, 9.17) is 15.8 Å². The molecule has 0 spiro atoms. The van der Waals surface area contributed by atoms with Crippen LogP contribution in [0.4, 0.5) is 11.5 Å². The van der Waals surface area contributed by atoms with Crippen LogP contribution in [0.5, 0.6) is 0 Å². The van der Waals surface area contributed by atoms with E-state index in [1.807, 2.05) is 31.0 Å². The zero-order valence-electron chi connectivity index (χ0n) is 20.2. The van der Waals surface area contributed by atoms with E-state index in [2.05, 4.69) is 9.62 Å². The Morgan fingerprint density at radius 3 is 2.71 bits per heavy atom. The second-order valence-electron chi connectivity index (χ2n) is 9.60. The fraction of sp³-hybridized carbons (Fsp3) is 0.522. The lowest BCUT2D eigenvalue weighted by molar-refractivity contribution is 0.0612. The van der Waals surface area contributed by atoms with Gasteiger partial charge in [-0.2, -0.15) is 5.10 Å². The van der Waals surface area contributed by atoms with Crippen molar-refractivity contribution in [1.29, 1.82) is 0 Å². The Labute approximate surface area is 209 Å². The Morgan fingerprint density at radius 2 is 2.00 bits per heavy atom. The Kier molecular flexibility index (Phi) is 6.22. The number of amides is 1.